The number of aromatic nitrogens is 5. The van der Waals surface area contributed by atoms with Gasteiger partial charge >= 0.3 is 0 Å². The number of hydrogen-bond donors (Lipinski definition) is 0. The molecule has 5 rings (SSSR count). The number of aryl methyl sites for hydroxylation is 2. The fraction of sp³-hybridized carbons (Fsp3) is 0.292. The van der Waals surface area contributed by atoms with Crippen LogP contribution < -0.4 is 10.5 Å². The monoisotopic (exact) mass is 498 g/mol. The van der Waals surface area contributed by atoms with E-state index < -0.39 is 22.8 Å². The number of hydrogen-bond acceptors (Lipinski definition) is 7. The third kappa shape index (κ3) is 4.23. The van der Waals surface area contributed by atoms with Crippen LogP contribution in [0.25, 0.3) is 22.3 Å². The minimum Gasteiger partial charge on any atom is -0.370 e. The number of fused-ring (bicyclic) bond motifs is 1. The molecule has 11 heteroatoms. The van der Waals surface area contributed by atoms with Crippen LogP contribution in [0, 0.1) is 25.5 Å². The highest BCUT2D eigenvalue weighted by Gasteiger charge is 2.28. The maximum Gasteiger partial charge on any atom is 0.279 e. The molecule has 0 amide bonds. The van der Waals surface area contributed by atoms with Crippen molar-refractivity contribution in [2.24, 2.45) is 7.05 Å². The zero-order chi connectivity index (χ0) is 24.9. The van der Waals surface area contributed by atoms with Crippen molar-refractivity contribution in [2.75, 3.05) is 24.6 Å². The average molecular weight is 499 g/mol. The van der Waals surface area contributed by atoms with E-state index in [9.17, 15) is 13.6 Å². The van der Waals surface area contributed by atoms with Gasteiger partial charge in [0.25, 0.3) is 5.56 Å². The third-order valence-electron chi connectivity index (χ3n) is 6.02. The Labute approximate surface area is 204 Å². The zero-order valence-electron chi connectivity index (χ0n) is 19.2. The fourth-order valence-electron chi connectivity index (χ4n) is 4.13. The predicted molar refractivity (Wildman–Crippen MR) is 128 cm³/mol. The first-order valence-electron chi connectivity index (χ1n) is 10.9. The number of benzene rings is 1. The van der Waals surface area contributed by atoms with Gasteiger partial charge in [0.05, 0.1) is 18.7 Å². The zero-order valence-corrected chi connectivity index (χ0v) is 20.0. The van der Waals surface area contributed by atoms with Crippen molar-refractivity contribution in [1.29, 1.82) is 0 Å². The summed E-state index contributed by atoms with van der Waals surface area (Å²) in [5.74, 6) is -1.31. The quantitative estimate of drug-likeness (QED) is 0.423. The number of pyridine rings is 1. The second-order valence-electron chi connectivity index (χ2n) is 8.37. The molecule has 1 atom stereocenters. The molecular formula is C24H21ClF2N6O2. The lowest BCUT2D eigenvalue weighted by Gasteiger charge is -2.33. The molecule has 8 nitrogen and oxygen atoms in total. The third-order valence-corrected chi connectivity index (χ3v) is 6.24. The van der Waals surface area contributed by atoms with Gasteiger partial charge in [0.15, 0.2) is 5.52 Å². The maximum absolute atomic E-state index is 15.0. The Balaban J connectivity index is 1.69. The highest BCUT2D eigenvalue weighted by atomic mass is 35.5. The van der Waals surface area contributed by atoms with Gasteiger partial charge < -0.3 is 9.64 Å². The number of anilines is 1. The van der Waals surface area contributed by atoms with Crippen molar-refractivity contribution in [2.45, 2.75) is 20.0 Å². The van der Waals surface area contributed by atoms with Crippen LogP contribution in [-0.2, 0) is 11.8 Å². The molecule has 35 heavy (non-hydrogen) atoms. The number of ether oxygens (including phenoxy) is 1. The summed E-state index contributed by atoms with van der Waals surface area (Å²) in [6, 6.07) is 5.80. The number of nitrogens with zero attached hydrogens (tertiary/aromatic N) is 6. The van der Waals surface area contributed by atoms with E-state index in [4.69, 9.17) is 16.3 Å². The van der Waals surface area contributed by atoms with E-state index >= 15 is 0 Å². The van der Waals surface area contributed by atoms with Crippen molar-refractivity contribution >= 4 is 28.6 Å². The van der Waals surface area contributed by atoms with Crippen LogP contribution in [-0.4, -0.2) is 44.2 Å². The van der Waals surface area contributed by atoms with E-state index in [-0.39, 0.29) is 33.8 Å². The van der Waals surface area contributed by atoms with Gasteiger partial charge in [-0.2, -0.15) is 0 Å². The minimum absolute atomic E-state index is 0.0176. The maximum atomic E-state index is 15.0. The smallest absolute Gasteiger partial charge is 0.279 e. The molecule has 1 aliphatic rings. The summed E-state index contributed by atoms with van der Waals surface area (Å²) in [4.78, 5) is 32.5. The van der Waals surface area contributed by atoms with Gasteiger partial charge in [-0.05, 0) is 43.7 Å². The number of halogens is 3. The van der Waals surface area contributed by atoms with Crippen LogP contribution >= 0.6 is 11.6 Å². The summed E-state index contributed by atoms with van der Waals surface area (Å²) in [6.45, 7) is 4.69. The van der Waals surface area contributed by atoms with E-state index in [0.29, 0.717) is 25.5 Å². The molecule has 1 aliphatic heterocycles. The van der Waals surface area contributed by atoms with Crippen LogP contribution in [0.15, 0.2) is 35.3 Å². The van der Waals surface area contributed by atoms with Crippen molar-refractivity contribution in [3.05, 3.63) is 74.6 Å². The fourth-order valence-corrected chi connectivity index (χ4v) is 4.32. The van der Waals surface area contributed by atoms with Crippen LogP contribution in [0.3, 0.4) is 0 Å². The van der Waals surface area contributed by atoms with E-state index in [1.165, 1.54) is 4.57 Å². The molecular weight excluding hydrogens is 478 g/mol. The Kier molecular flexibility index (Phi) is 5.94. The SMILES string of the molecule is Cc1cc([C@@H]2CN(c3nc(-c4c(F)cc(Cl)cc4F)c4nc(C)n(C)c(=O)c4n3)CCO2)ccn1. The predicted octanol–water partition coefficient (Wildman–Crippen LogP) is 3.91. The summed E-state index contributed by atoms with van der Waals surface area (Å²) >= 11 is 5.83. The molecule has 180 valence electrons. The highest BCUT2D eigenvalue weighted by Crippen LogP contribution is 2.33. The molecule has 4 aromatic rings. The van der Waals surface area contributed by atoms with E-state index in [1.54, 1.807) is 20.2 Å². The Morgan fingerprint density at radius 3 is 2.54 bits per heavy atom. The largest absolute Gasteiger partial charge is 0.370 e. The van der Waals surface area contributed by atoms with E-state index in [1.807, 2.05) is 24.0 Å². The van der Waals surface area contributed by atoms with Crippen LogP contribution in [0.2, 0.25) is 5.02 Å². The average Bonchev–Trinajstić information content (AvgIpc) is 2.82. The normalized spacial score (nSPS) is 16.2. The Bertz CT molecular complexity index is 1500. The van der Waals surface area contributed by atoms with Gasteiger partial charge in [0.1, 0.15) is 34.8 Å². The summed E-state index contributed by atoms with van der Waals surface area (Å²) in [7, 11) is 1.56. The van der Waals surface area contributed by atoms with Crippen molar-refractivity contribution in [3.63, 3.8) is 0 Å². The Morgan fingerprint density at radius 1 is 1.09 bits per heavy atom. The number of morpholine rings is 1. The highest BCUT2D eigenvalue weighted by molar-refractivity contribution is 6.30. The van der Waals surface area contributed by atoms with Gasteiger partial charge in [0, 0.05) is 30.5 Å². The van der Waals surface area contributed by atoms with Crippen molar-refractivity contribution in [1.82, 2.24) is 24.5 Å². The molecule has 0 spiro atoms. The van der Waals surface area contributed by atoms with Crippen molar-refractivity contribution in [3.8, 4) is 11.3 Å². The summed E-state index contributed by atoms with van der Waals surface area (Å²) in [6.07, 6.45) is 1.41. The lowest BCUT2D eigenvalue weighted by atomic mass is 10.1. The van der Waals surface area contributed by atoms with Gasteiger partial charge in [0.2, 0.25) is 5.95 Å². The summed E-state index contributed by atoms with van der Waals surface area (Å²) < 4.78 is 37.2. The van der Waals surface area contributed by atoms with Crippen LogP contribution in [0.5, 0.6) is 0 Å². The molecule has 3 aromatic heterocycles. The molecule has 0 bridgehead atoms. The first-order chi connectivity index (χ1) is 16.7. The first-order valence-corrected chi connectivity index (χ1v) is 11.3. The van der Waals surface area contributed by atoms with Crippen LogP contribution in [0.4, 0.5) is 14.7 Å². The second kappa shape index (κ2) is 8.94. The molecule has 0 unspecified atom stereocenters. The second-order valence-corrected chi connectivity index (χ2v) is 8.81. The molecule has 0 N–H and O–H groups in total. The topological polar surface area (TPSA) is 86.0 Å². The molecule has 0 radical (unpaired) electrons. The first kappa shape index (κ1) is 23.3. The lowest BCUT2D eigenvalue weighted by molar-refractivity contribution is 0.0391. The van der Waals surface area contributed by atoms with Gasteiger partial charge in [-0.3, -0.25) is 14.3 Å². The summed E-state index contributed by atoms with van der Waals surface area (Å²) in [5.41, 5.74) is 0.802. The van der Waals surface area contributed by atoms with E-state index in [2.05, 4.69) is 19.9 Å². The van der Waals surface area contributed by atoms with Crippen molar-refractivity contribution < 1.29 is 13.5 Å². The Morgan fingerprint density at radius 2 is 1.83 bits per heavy atom. The van der Waals surface area contributed by atoms with Gasteiger partial charge in [-0.15, -0.1) is 0 Å². The number of rotatable bonds is 3. The molecule has 0 aliphatic carbocycles. The molecule has 1 saturated heterocycles. The molecule has 0 saturated carbocycles. The standard InChI is InChI=1S/C24H21ClF2N6O2/c1-12-8-14(4-5-28-12)18-11-33(6-7-35-18)24-30-20(19-16(26)9-15(25)10-17(19)27)21-22(31-24)23(34)32(3)13(2)29-21/h4-5,8-10,18H,6-7,11H2,1-3H3/t18-/m0/s1. The van der Waals surface area contributed by atoms with Crippen LogP contribution in [0.1, 0.15) is 23.2 Å². The van der Waals surface area contributed by atoms with E-state index in [0.717, 1.165) is 23.4 Å². The Hall–Kier alpha value is -3.50. The molecule has 1 fully saturated rings. The summed E-state index contributed by atoms with van der Waals surface area (Å²) in [5, 5.41) is -0.0916. The molecule has 1 aromatic carbocycles. The molecule has 4 heterocycles. The lowest BCUT2D eigenvalue weighted by Crippen LogP contribution is -2.39. The van der Waals surface area contributed by atoms with Gasteiger partial charge in [-0.25, -0.2) is 23.7 Å². The van der Waals surface area contributed by atoms with Gasteiger partial charge in [-0.1, -0.05) is 11.6 Å². The minimum atomic E-state index is -0.909.